The lowest BCUT2D eigenvalue weighted by Gasteiger charge is -2.38. The molecule has 0 bridgehead atoms. The Bertz CT molecular complexity index is 311. The minimum atomic E-state index is -0.366. The van der Waals surface area contributed by atoms with Crippen molar-refractivity contribution in [3.05, 3.63) is 0 Å². The minimum Gasteiger partial charge on any atom is -0.345 e. The van der Waals surface area contributed by atoms with Crippen molar-refractivity contribution in [1.29, 1.82) is 0 Å². The van der Waals surface area contributed by atoms with Crippen LogP contribution in [0, 0.1) is 0 Å². The van der Waals surface area contributed by atoms with Crippen LogP contribution in [0.3, 0.4) is 0 Å². The Kier molecular flexibility index (Phi) is 3.69. The van der Waals surface area contributed by atoms with Gasteiger partial charge in [0.25, 0.3) is 0 Å². The van der Waals surface area contributed by atoms with E-state index in [4.69, 9.17) is 0 Å². The third kappa shape index (κ3) is 2.61. The van der Waals surface area contributed by atoms with Gasteiger partial charge in [-0.25, -0.2) is 0 Å². The zero-order chi connectivity index (χ0) is 12.4. The fourth-order valence-corrected chi connectivity index (χ4v) is 3.07. The predicted octanol–water partition coefficient (Wildman–Crippen LogP) is 1.44. The quantitative estimate of drug-likeness (QED) is 0.751. The van der Waals surface area contributed by atoms with Gasteiger partial charge in [0.2, 0.25) is 11.8 Å². The molecule has 1 aliphatic heterocycles. The van der Waals surface area contributed by atoms with Crippen LogP contribution in [-0.4, -0.2) is 34.8 Å². The van der Waals surface area contributed by atoms with Crippen molar-refractivity contribution in [2.75, 3.05) is 0 Å². The third-order valence-electron chi connectivity index (χ3n) is 3.93. The van der Waals surface area contributed by atoms with Gasteiger partial charge < -0.3 is 10.2 Å². The molecule has 0 aromatic heterocycles. The number of nitrogens with one attached hydrogen (secondary N) is 1. The molecule has 0 aromatic carbocycles. The molecule has 1 saturated carbocycles. The topological polar surface area (TPSA) is 49.4 Å². The van der Waals surface area contributed by atoms with Crippen LogP contribution in [0.1, 0.15) is 52.4 Å². The fraction of sp³-hybridized carbons (Fsp3) is 0.846. The molecule has 2 aliphatic rings. The Balaban J connectivity index is 2.15. The van der Waals surface area contributed by atoms with Crippen LogP contribution in [0.2, 0.25) is 0 Å². The number of carbonyl (C=O) groups excluding carboxylic acids is 2. The van der Waals surface area contributed by atoms with Crippen molar-refractivity contribution in [2.45, 2.75) is 70.5 Å². The van der Waals surface area contributed by atoms with Crippen LogP contribution in [-0.2, 0) is 9.59 Å². The van der Waals surface area contributed by atoms with E-state index < -0.39 is 0 Å². The monoisotopic (exact) mass is 238 g/mol. The molecule has 4 heteroatoms. The van der Waals surface area contributed by atoms with Crippen LogP contribution < -0.4 is 5.32 Å². The van der Waals surface area contributed by atoms with E-state index in [1.54, 1.807) is 6.92 Å². The zero-order valence-corrected chi connectivity index (χ0v) is 10.7. The maximum absolute atomic E-state index is 12.3. The molecule has 96 valence electrons. The van der Waals surface area contributed by atoms with Crippen LogP contribution in [0.15, 0.2) is 0 Å². The third-order valence-corrected chi connectivity index (χ3v) is 3.93. The Labute approximate surface area is 103 Å². The zero-order valence-electron chi connectivity index (χ0n) is 10.7. The van der Waals surface area contributed by atoms with Gasteiger partial charge in [-0.3, -0.25) is 9.59 Å². The van der Waals surface area contributed by atoms with E-state index in [-0.39, 0.29) is 23.9 Å². The molecule has 2 atom stereocenters. The van der Waals surface area contributed by atoms with Crippen molar-refractivity contribution in [2.24, 2.45) is 0 Å². The normalized spacial score (nSPS) is 32.2. The van der Waals surface area contributed by atoms with Crippen molar-refractivity contribution in [1.82, 2.24) is 10.2 Å². The van der Waals surface area contributed by atoms with Gasteiger partial charge in [-0.2, -0.15) is 0 Å². The highest BCUT2D eigenvalue weighted by Crippen LogP contribution is 2.26. The van der Waals surface area contributed by atoms with Gasteiger partial charge in [-0.15, -0.1) is 0 Å². The van der Waals surface area contributed by atoms with Crippen LogP contribution in [0.4, 0.5) is 0 Å². The van der Waals surface area contributed by atoms with E-state index in [0.717, 1.165) is 12.8 Å². The Hall–Kier alpha value is -1.06. The smallest absolute Gasteiger partial charge is 0.245 e. The van der Waals surface area contributed by atoms with Crippen molar-refractivity contribution in [3.8, 4) is 0 Å². The highest BCUT2D eigenvalue weighted by Gasteiger charge is 2.36. The number of rotatable bonds is 1. The molecule has 2 rings (SSSR count). The summed E-state index contributed by atoms with van der Waals surface area (Å²) in [5.74, 6) is 0.0897. The summed E-state index contributed by atoms with van der Waals surface area (Å²) in [5, 5.41) is 2.76. The average Bonchev–Trinajstić information content (AvgIpc) is 2.38. The first-order valence-corrected chi connectivity index (χ1v) is 6.71. The molecule has 2 unspecified atom stereocenters. The second-order valence-corrected chi connectivity index (χ2v) is 5.38. The molecular weight excluding hydrogens is 216 g/mol. The largest absolute Gasteiger partial charge is 0.345 e. The molecular formula is C13H22N2O2. The molecule has 1 aliphatic carbocycles. The van der Waals surface area contributed by atoms with E-state index in [1.165, 1.54) is 19.3 Å². The summed E-state index contributed by atoms with van der Waals surface area (Å²) in [6, 6.07) is 0.0197. The Morgan fingerprint density at radius 3 is 2.41 bits per heavy atom. The lowest BCUT2D eigenvalue weighted by atomic mass is 9.92. The number of amides is 2. The summed E-state index contributed by atoms with van der Waals surface area (Å²) in [5.41, 5.74) is 0. The van der Waals surface area contributed by atoms with E-state index in [0.29, 0.717) is 12.5 Å². The number of carbonyl (C=O) groups is 2. The fourth-order valence-electron chi connectivity index (χ4n) is 3.07. The number of hydrogen-bond donors (Lipinski definition) is 1. The highest BCUT2D eigenvalue weighted by molar-refractivity contribution is 5.90. The number of hydrogen-bond acceptors (Lipinski definition) is 2. The van der Waals surface area contributed by atoms with Gasteiger partial charge in [-0.05, 0) is 26.7 Å². The second-order valence-electron chi connectivity index (χ2n) is 5.38. The second kappa shape index (κ2) is 5.07. The predicted molar refractivity (Wildman–Crippen MR) is 65.4 cm³/mol. The molecule has 2 fully saturated rings. The van der Waals surface area contributed by atoms with Crippen molar-refractivity contribution >= 4 is 11.8 Å². The van der Waals surface area contributed by atoms with E-state index >= 15 is 0 Å². The van der Waals surface area contributed by atoms with E-state index in [9.17, 15) is 9.59 Å². The first-order valence-electron chi connectivity index (χ1n) is 6.71. The molecule has 1 N–H and O–H groups in total. The summed E-state index contributed by atoms with van der Waals surface area (Å²) in [7, 11) is 0. The summed E-state index contributed by atoms with van der Waals surface area (Å²) in [6.07, 6.45) is 6.31. The summed E-state index contributed by atoms with van der Waals surface area (Å²) >= 11 is 0. The SMILES string of the molecule is CC1NC(=O)CC(C)N(C2CCCCC2)C1=O. The van der Waals surface area contributed by atoms with Crippen molar-refractivity contribution in [3.63, 3.8) is 0 Å². The summed E-state index contributed by atoms with van der Waals surface area (Å²) in [6.45, 7) is 3.78. The van der Waals surface area contributed by atoms with E-state index in [1.807, 2.05) is 11.8 Å². The standard InChI is InChI=1S/C13H22N2O2/c1-9-8-12(16)14-10(2)13(17)15(9)11-6-4-3-5-7-11/h9-11H,3-8H2,1-2H3,(H,14,16). The first-order chi connectivity index (χ1) is 8.09. The van der Waals surface area contributed by atoms with Gasteiger partial charge in [0.1, 0.15) is 6.04 Å². The molecule has 1 saturated heterocycles. The number of nitrogens with zero attached hydrogens (tertiary/aromatic N) is 1. The van der Waals surface area contributed by atoms with Gasteiger partial charge in [0.15, 0.2) is 0 Å². The molecule has 17 heavy (non-hydrogen) atoms. The first kappa shape index (κ1) is 12.4. The van der Waals surface area contributed by atoms with Crippen LogP contribution in [0.25, 0.3) is 0 Å². The van der Waals surface area contributed by atoms with Gasteiger partial charge in [0.05, 0.1) is 0 Å². The molecule has 0 radical (unpaired) electrons. The van der Waals surface area contributed by atoms with Gasteiger partial charge in [0, 0.05) is 18.5 Å². The Morgan fingerprint density at radius 2 is 1.76 bits per heavy atom. The summed E-state index contributed by atoms with van der Waals surface area (Å²) < 4.78 is 0. The highest BCUT2D eigenvalue weighted by atomic mass is 16.2. The molecule has 4 nitrogen and oxygen atoms in total. The van der Waals surface area contributed by atoms with Crippen LogP contribution in [0.5, 0.6) is 0 Å². The van der Waals surface area contributed by atoms with E-state index in [2.05, 4.69) is 5.32 Å². The minimum absolute atomic E-state index is 0.00309. The molecule has 0 spiro atoms. The van der Waals surface area contributed by atoms with Crippen LogP contribution >= 0.6 is 0 Å². The van der Waals surface area contributed by atoms with Gasteiger partial charge in [-0.1, -0.05) is 19.3 Å². The maximum Gasteiger partial charge on any atom is 0.245 e. The molecule has 2 amide bonds. The van der Waals surface area contributed by atoms with Gasteiger partial charge >= 0.3 is 0 Å². The lowest BCUT2D eigenvalue weighted by Crippen LogP contribution is -2.50. The van der Waals surface area contributed by atoms with Crippen molar-refractivity contribution < 1.29 is 9.59 Å². The summed E-state index contributed by atoms with van der Waals surface area (Å²) in [4.78, 5) is 25.9. The molecule has 1 heterocycles. The Morgan fingerprint density at radius 1 is 1.12 bits per heavy atom. The maximum atomic E-state index is 12.3. The molecule has 0 aromatic rings. The average molecular weight is 238 g/mol. The lowest BCUT2D eigenvalue weighted by molar-refractivity contribution is -0.137.